The Morgan fingerprint density at radius 1 is 0.719 bits per heavy atom. The van der Waals surface area contributed by atoms with Gasteiger partial charge < -0.3 is 4.74 Å². The third-order valence-corrected chi connectivity index (χ3v) is 5.59. The first kappa shape index (κ1) is 23.9. The van der Waals surface area contributed by atoms with Gasteiger partial charge in [0.15, 0.2) is 0 Å². The molecule has 0 fully saturated rings. The summed E-state index contributed by atoms with van der Waals surface area (Å²) >= 11 is 0. The molecule has 0 aromatic heterocycles. The van der Waals surface area contributed by atoms with Gasteiger partial charge in [-0.1, -0.05) is 89.1 Å². The van der Waals surface area contributed by atoms with Crippen molar-refractivity contribution in [3.8, 4) is 28.0 Å². The Balaban J connectivity index is 1.83. The van der Waals surface area contributed by atoms with E-state index < -0.39 is 11.7 Å². The normalized spacial score (nSPS) is 12.1. The van der Waals surface area contributed by atoms with Crippen LogP contribution in [-0.4, -0.2) is 6.61 Å². The molecule has 0 N–H and O–H groups in total. The lowest BCUT2D eigenvalue weighted by atomic mass is 9.84. The highest BCUT2D eigenvalue weighted by molar-refractivity contribution is 5.73. The number of alkyl halides is 3. The van der Waals surface area contributed by atoms with Crippen LogP contribution in [0.4, 0.5) is 13.2 Å². The van der Waals surface area contributed by atoms with Crippen molar-refractivity contribution in [2.45, 2.75) is 58.5 Å². The highest BCUT2D eigenvalue weighted by atomic mass is 19.4. The van der Waals surface area contributed by atoms with Gasteiger partial charge in [-0.15, -0.1) is 0 Å². The smallest absolute Gasteiger partial charge is 0.417 e. The van der Waals surface area contributed by atoms with Crippen molar-refractivity contribution in [3.63, 3.8) is 0 Å². The summed E-state index contributed by atoms with van der Waals surface area (Å²) in [6, 6.07) is 19.7. The number of rotatable bonds is 7. The van der Waals surface area contributed by atoms with E-state index in [2.05, 4.69) is 6.92 Å². The number of benzene rings is 3. The number of hydrogen-bond acceptors (Lipinski definition) is 1. The molecule has 32 heavy (non-hydrogen) atoms. The molecule has 0 amide bonds. The van der Waals surface area contributed by atoms with Gasteiger partial charge in [0, 0.05) is 0 Å². The fourth-order valence-corrected chi connectivity index (χ4v) is 3.62. The SMILES string of the molecule is CCCCCOc1ccc(-c2ccc(-c3ccc(C(C)(C)C)cc3C(F)(F)F)cc2)cc1. The predicted octanol–water partition coefficient (Wildman–Crippen LogP) is 8.91. The van der Waals surface area contributed by atoms with Crippen molar-refractivity contribution in [2.75, 3.05) is 6.61 Å². The van der Waals surface area contributed by atoms with Gasteiger partial charge in [-0.25, -0.2) is 0 Å². The van der Waals surface area contributed by atoms with E-state index in [9.17, 15) is 13.2 Å². The second-order valence-corrected chi connectivity index (χ2v) is 9.17. The molecule has 0 radical (unpaired) electrons. The Morgan fingerprint density at radius 3 is 1.81 bits per heavy atom. The van der Waals surface area contributed by atoms with E-state index in [1.54, 1.807) is 24.3 Å². The molecule has 0 spiro atoms. The van der Waals surface area contributed by atoms with Crippen molar-refractivity contribution in [2.24, 2.45) is 0 Å². The summed E-state index contributed by atoms with van der Waals surface area (Å²) in [6.45, 7) is 8.61. The Kier molecular flexibility index (Phi) is 7.33. The largest absolute Gasteiger partial charge is 0.494 e. The highest BCUT2D eigenvalue weighted by Gasteiger charge is 2.34. The number of halogens is 3. The summed E-state index contributed by atoms with van der Waals surface area (Å²) < 4.78 is 47.2. The molecule has 3 aromatic carbocycles. The molecule has 170 valence electrons. The number of hydrogen-bond donors (Lipinski definition) is 0. The second kappa shape index (κ2) is 9.81. The van der Waals surface area contributed by atoms with Crippen molar-refractivity contribution in [3.05, 3.63) is 77.9 Å². The monoisotopic (exact) mass is 440 g/mol. The van der Waals surface area contributed by atoms with Gasteiger partial charge in [0.25, 0.3) is 0 Å². The fourth-order valence-electron chi connectivity index (χ4n) is 3.62. The van der Waals surface area contributed by atoms with Crippen LogP contribution in [-0.2, 0) is 11.6 Å². The Morgan fingerprint density at radius 2 is 1.28 bits per heavy atom. The van der Waals surface area contributed by atoms with Crippen LogP contribution < -0.4 is 4.74 Å². The van der Waals surface area contributed by atoms with Gasteiger partial charge in [-0.05, 0) is 57.9 Å². The molecule has 0 saturated carbocycles. The number of unbranched alkanes of at least 4 members (excludes halogenated alkanes) is 2. The zero-order chi connectivity index (χ0) is 23.4. The topological polar surface area (TPSA) is 9.23 Å². The van der Waals surface area contributed by atoms with E-state index in [1.165, 1.54) is 6.07 Å². The third kappa shape index (κ3) is 5.93. The lowest BCUT2D eigenvalue weighted by Gasteiger charge is -2.22. The maximum absolute atomic E-state index is 13.8. The van der Waals surface area contributed by atoms with Crippen LogP contribution in [0.25, 0.3) is 22.3 Å². The van der Waals surface area contributed by atoms with E-state index in [-0.39, 0.29) is 11.0 Å². The second-order valence-electron chi connectivity index (χ2n) is 9.17. The van der Waals surface area contributed by atoms with Crippen molar-refractivity contribution >= 4 is 0 Å². The van der Waals surface area contributed by atoms with E-state index in [0.29, 0.717) is 17.7 Å². The van der Waals surface area contributed by atoms with Crippen LogP contribution in [0.2, 0.25) is 0 Å². The van der Waals surface area contributed by atoms with Crippen LogP contribution >= 0.6 is 0 Å². The first-order valence-corrected chi connectivity index (χ1v) is 11.1. The van der Waals surface area contributed by atoms with E-state index in [1.807, 2.05) is 57.2 Å². The van der Waals surface area contributed by atoms with Gasteiger partial charge in [-0.3, -0.25) is 0 Å². The van der Waals surface area contributed by atoms with Crippen molar-refractivity contribution in [1.29, 1.82) is 0 Å². The maximum atomic E-state index is 13.8. The Labute approximate surface area is 189 Å². The molecule has 4 heteroatoms. The summed E-state index contributed by atoms with van der Waals surface area (Å²) in [7, 11) is 0. The predicted molar refractivity (Wildman–Crippen MR) is 126 cm³/mol. The molecule has 0 aliphatic rings. The molecular weight excluding hydrogens is 409 g/mol. The summed E-state index contributed by atoms with van der Waals surface area (Å²) in [5.41, 5.74) is 2.42. The number of ether oxygens (including phenoxy) is 1. The molecule has 0 atom stereocenters. The summed E-state index contributed by atoms with van der Waals surface area (Å²) in [4.78, 5) is 0. The zero-order valence-electron chi connectivity index (χ0n) is 19.2. The van der Waals surface area contributed by atoms with E-state index in [0.717, 1.165) is 36.1 Å². The van der Waals surface area contributed by atoms with Crippen LogP contribution in [0.5, 0.6) is 5.75 Å². The average molecular weight is 441 g/mol. The Hall–Kier alpha value is -2.75. The average Bonchev–Trinajstić information content (AvgIpc) is 2.76. The minimum absolute atomic E-state index is 0.202. The fraction of sp³-hybridized carbons (Fsp3) is 0.357. The van der Waals surface area contributed by atoms with Gasteiger partial charge in [-0.2, -0.15) is 13.2 Å². The lowest BCUT2D eigenvalue weighted by molar-refractivity contribution is -0.137. The lowest BCUT2D eigenvalue weighted by Crippen LogP contribution is -2.14. The molecule has 3 aromatic rings. The first-order chi connectivity index (χ1) is 15.1. The molecule has 0 aliphatic heterocycles. The maximum Gasteiger partial charge on any atom is 0.417 e. The minimum Gasteiger partial charge on any atom is -0.494 e. The minimum atomic E-state index is -4.41. The summed E-state index contributed by atoms with van der Waals surface area (Å²) in [5, 5.41) is 0. The first-order valence-electron chi connectivity index (χ1n) is 11.1. The van der Waals surface area contributed by atoms with Gasteiger partial charge in [0.2, 0.25) is 0 Å². The highest BCUT2D eigenvalue weighted by Crippen LogP contribution is 2.40. The molecule has 0 saturated heterocycles. The molecule has 0 heterocycles. The molecule has 0 aliphatic carbocycles. The van der Waals surface area contributed by atoms with Gasteiger partial charge in [0.05, 0.1) is 12.2 Å². The van der Waals surface area contributed by atoms with E-state index in [4.69, 9.17) is 4.74 Å². The quantitative estimate of drug-likeness (QED) is 0.333. The van der Waals surface area contributed by atoms with Gasteiger partial charge >= 0.3 is 6.18 Å². The van der Waals surface area contributed by atoms with Crippen molar-refractivity contribution < 1.29 is 17.9 Å². The molecule has 1 nitrogen and oxygen atoms in total. The molecule has 3 rings (SSSR count). The molecule has 0 unspecified atom stereocenters. The van der Waals surface area contributed by atoms with Crippen molar-refractivity contribution in [1.82, 2.24) is 0 Å². The van der Waals surface area contributed by atoms with Crippen LogP contribution in [0.15, 0.2) is 66.7 Å². The summed E-state index contributed by atoms with van der Waals surface area (Å²) in [5.74, 6) is 0.829. The van der Waals surface area contributed by atoms with E-state index >= 15 is 0 Å². The molecular formula is C28H31F3O. The third-order valence-electron chi connectivity index (χ3n) is 5.59. The zero-order valence-corrected chi connectivity index (χ0v) is 19.2. The standard InChI is InChI=1S/C28H31F3O/c1-5-6-7-18-32-24-15-12-21(13-16-24)20-8-10-22(11-9-20)25-17-14-23(27(2,3)4)19-26(25)28(29,30)31/h8-17,19H,5-7,18H2,1-4H3. The van der Waals surface area contributed by atoms with Crippen LogP contribution in [0, 0.1) is 0 Å². The van der Waals surface area contributed by atoms with Gasteiger partial charge in [0.1, 0.15) is 5.75 Å². The van der Waals surface area contributed by atoms with Crippen LogP contribution in [0.3, 0.4) is 0 Å². The molecule has 0 bridgehead atoms. The summed E-state index contributed by atoms with van der Waals surface area (Å²) in [6.07, 6.45) is -1.07. The Bertz CT molecular complexity index is 1010. The van der Waals surface area contributed by atoms with Crippen LogP contribution in [0.1, 0.15) is 58.1 Å².